The number of aliphatic hydroxyl groups excluding tert-OH is 1. The van der Waals surface area contributed by atoms with Crippen LogP contribution in [0, 0.1) is 26.6 Å². The molecule has 34 heavy (non-hydrogen) atoms. The summed E-state index contributed by atoms with van der Waals surface area (Å²) in [7, 11) is 0. The van der Waals surface area contributed by atoms with Crippen LogP contribution in [0.25, 0.3) is 22.2 Å². The van der Waals surface area contributed by atoms with Crippen LogP contribution in [0.15, 0.2) is 12.3 Å². The summed E-state index contributed by atoms with van der Waals surface area (Å²) in [5, 5.41) is 14.1. The molecule has 7 nitrogen and oxygen atoms in total. The number of hydrogen-bond acceptors (Lipinski definition) is 7. The van der Waals surface area contributed by atoms with Crippen LogP contribution in [-0.2, 0) is 6.18 Å². The molecular weight excluding hydrogens is 452 g/mol. The lowest BCUT2D eigenvalue weighted by atomic mass is 10.00. The van der Waals surface area contributed by atoms with E-state index < -0.39 is 35.0 Å². The zero-order valence-electron chi connectivity index (χ0n) is 18.8. The number of halogens is 4. The molecule has 0 aliphatic carbocycles. The second kappa shape index (κ2) is 7.74. The predicted molar refractivity (Wildman–Crippen MR) is 120 cm³/mol. The van der Waals surface area contributed by atoms with Crippen LogP contribution in [-0.4, -0.2) is 51.3 Å². The second-order valence-electron chi connectivity index (χ2n) is 9.12. The Bertz CT molecular complexity index is 1310. The van der Waals surface area contributed by atoms with Crippen molar-refractivity contribution in [3.63, 3.8) is 0 Å². The Morgan fingerprint density at radius 3 is 2.56 bits per heavy atom. The van der Waals surface area contributed by atoms with Gasteiger partial charge in [0, 0.05) is 41.8 Å². The van der Waals surface area contributed by atoms with E-state index in [9.17, 15) is 18.3 Å². The van der Waals surface area contributed by atoms with Crippen molar-refractivity contribution >= 4 is 22.4 Å². The number of nitrogen functional groups attached to an aromatic ring is 1. The number of aryl methyl sites for hydroxylation is 3. The molecule has 180 valence electrons. The third kappa shape index (κ3) is 3.54. The van der Waals surface area contributed by atoms with Gasteiger partial charge in [-0.05, 0) is 44.4 Å². The SMILES string of the molecule is Cc1cc(N)nc(-c2ncc3c(N4C[C@H]5C[C@@H](O)[C@@H](C4)N5)nc(C)c(C)c3c2F)c1C(F)(F)F. The maximum absolute atomic E-state index is 16.0. The first-order chi connectivity index (χ1) is 16.0. The van der Waals surface area contributed by atoms with Gasteiger partial charge >= 0.3 is 6.18 Å². The van der Waals surface area contributed by atoms with E-state index in [2.05, 4.69) is 20.3 Å². The Labute approximate surface area is 193 Å². The average Bonchev–Trinajstić information content (AvgIpc) is 2.99. The van der Waals surface area contributed by atoms with E-state index >= 15 is 4.39 Å². The predicted octanol–water partition coefficient (Wildman–Crippen LogP) is 3.27. The molecule has 0 saturated carbocycles. The van der Waals surface area contributed by atoms with Gasteiger partial charge in [-0.1, -0.05) is 0 Å². The van der Waals surface area contributed by atoms with Gasteiger partial charge < -0.3 is 21.1 Å². The van der Waals surface area contributed by atoms with Crippen LogP contribution in [0.1, 0.15) is 28.8 Å². The van der Waals surface area contributed by atoms with Crippen LogP contribution >= 0.6 is 0 Å². The number of alkyl halides is 3. The van der Waals surface area contributed by atoms with Crippen LogP contribution < -0.4 is 16.0 Å². The molecule has 0 unspecified atom stereocenters. The standard InChI is InChI=1S/C23H24F4N6O/c1-9-4-16(28)32-20(18(9)23(25,26)27)21-19(24)17-10(2)11(3)30-22(13(17)6-29-21)33-7-12-5-15(34)14(8-33)31-12/h4,6,12,14-15,31,34H,5,7-8H2,1-3H3,(H2,28,32)/t12-,14-,15-/m1/s1. The lowest BCUT2D eigenvalue weighted by molar-refractivity contribution is -0.137. The van der Waals surface area contributed by atoms with Crippen LogP contribution in [0.3, 0.4) is 0 Å². The van der Waals surface area contributed by atoms with E-state index in [4.69, 9.17) is 5.73 Å². The second-order valence-corrected chi connectivity index (χ2v) is 9.12. The Kier molecular flexibility index (Phi) is 5.17. The highest BCUT2D eigenvalue weighted by atomic mass is 19.4. The zero-order valence-corrected chi connectivity index (χ0v) is 18.8. The van der Waals surface area contributed by atoms with Crippen molar-refractivity contribution in [3.05, 3.63) is 40.5 Å². The van der Waals surface area contributed by atoms with E-state index in [1.165, 1.54) is 13.1 Å². The number of nitrogens with one attached hydrogen (secondary N) is 1. The Balaban J connectivity index is 1.72. The summed E-state index contributed by atoms with van der Waals surface area (Å²) in [6.07, 6.45) is -3.28. The molecule has 0 amide bonds. The van der Waals surface area contributed by atoms with Gasteiger partial charge in [-0.15, -0.1) is 0 Å². The molecule has 2 aliphatic rings. The smallest absolute Gasteiger partial charge is 0.391 e. The molecule has 0 spiro atoms. The number of fused-ring (bicyclic) bond motifs is 3. The van der Waals surface area contributed by atoms with E-state index in [0.717, 1.165) is 6.07 Å². The van der Waals surface area contributed by atoms with Gasteiger partial charge in [-0.25, -0.2) is 14.4 Å². The minimum Gasteiger partial charge on any atom is -0.391 e. The largest absolute Gasteiger partial charge is 0.418 e. The number of piperazine rings is 1. The summed E-state index contributed by atoms with van der Waals surface area (Å²) < 4.78 is 57.6. The highest BCUT2D eigenvalue weighted by Crippen LogP contribution is 2.41. The topological polar surface area (TPSA) is 100 Å². The van der Waals surface area contributed by atoms with Crippen LogP contribution in [0.2, 0.25) is 0 Å². The fraction of sp³-hybridized carbons (Fsp3) is 0.435. The molecule has 11 heteroatoms. The van der Waals surface area contributed by atoms with Crippen molar-refractivity contribution in [2.24, 2.45) is 0 Å². The molecular formula is C23H24F4N6O. The van der Waals surface area contributed by atoms with Crippen molar-refractivity contribution in [2.45, 2.75) is 51.6 Å². The Hall–Kier alpha value is -3.05. The molecule has 3 aromatic heterocycles. The van der Waals surface area contributed by atoms with Crippen molar-refractivity contribution < 1.29 is 22.7 Å². The number of aliphatic hydroxyl groups is 1. The van der Waals surface area contributed by atoms with Gasteiger partial charge in [0.05, 0.1) is 17.7 Å². The first-order valence-electron chi connectivity index (χ1n) is 10.9. The number of rotatable bonds is 2. The summed E-state index contributed by atoms with van der Waals surface area (Å²) in [6, 6.07) is 1.04. The molecule has 4 N–H and O–H groups in total. The van der Waals surface area contributed by atoms with Gasteiger partial charge in [0.2, 0.25) is 0 Å². The zero-order chi connectivity index (χ0) is 24.5. The first-order valence-corrected chi connectivity index (χ1v) is 10.9. The quantitative estimate of drug-likeness (QED) is 0.488. The number of aromatic nitrogens is 3. The fourth-order valence-corrected chi connectivity index (χ4v) is 5.13. The lowest BCUT2D eigenvalue weighted by Gasteiger charge is -2.35. The molecule has 5 rings (SSSR count). The highest BCUT2D eigenvalue weighted by Gasteiger charge is 2.40. The van der Waals surface area contributed by atoms with Gasteiger partial charge in [-0.3, -0.25) is 4.98 Å². The van der Waals surface area contributed by atoms with Crippen molar-refractivity contribution in [3.8, 4) is 11.4 Å². The summed E-state index contributed by atoms with van der Waals surface area (Å²) in [6.45, 7) is 5.70. The molecule has 0 radical (unpaired) electrons. The number of anilines is 2. The normalized spacial score (nSPS) is 22.6. The molecule has 0 aromatic carbocycles. The number of nitrogens with zero attached hydrogens (tertiary/aromatic N) is 4. The minimum atomic E-state index is -4.77. The maximum atomic E-state index is 16.0. The Morgan fingerprint density at radius 1 is 1.15 bits per heavy atom. The molecule has 2 aliphatic heterocycles. The van der Waals surface area contributed by atoms with E-state index in [-0.39, 0.29) is 28.9 Å². The van der Waals surface area contributed by atoms with Gasteiger partial charge in [-0.2, -0.15) is 13.2 Å². The first kappa shape index (κ1) is 22.7. The third-order valence-electron chi connectivity index (χ3n) is 6.79. The van der Waals surface area contributed by atoms with Crippen LogP contribution in [0.5, 0.6) is 0 Å². The van der Waals surface area contributed by atoms with Crippen molar-refractivity contribution in [2.75, 3.05) is 23.7 Å². The van der Waals surface area contributed by atoms with E-state index in [1.807, 2.05) is 4.90 Å². The average molecular weight is 476 g/mol. The van der Waals surface area contributed by atoms with Gasteiger partial charge in [0.15, 0.2) is 5.82 Å². The highest BCUT2D eigenvalue weighted by molar-refractivity contribution is 5.97. The van der Waals surface area contributed by atoms with Crippen LogP contribution in [0.4, 0.5) is 29.2 Å². The molecule has 3 aromatic rings. The summed E-state index contributed by atoms with van der Waals surface area (Å²) >= 11 is 0. The van der Waals surface area contributed by atoms with Gasteiger partial charge in [0.25, 0.3) is 0 Å². The monoisotopic (exact) mass is 476 g/mol. The number of hydrogen-bond donors (Lipinski definition) is 3. The third-order valence-corrected chi connectivity index (χ3v) is 6.79. The summed E-state index contributed by atoms with van der Waals surface area (Å²) in [5.74, 6) is -0.558. The van der Waals surface area contributed by atoms with E-state index in [0.29, 0.717) is 42.0 Å². The van der Waals surface area contributed by atoms with Crippen molar-refractivity contribution in [1.29, 1.82) is 0 Å². The van der Waals surface area contributed by atoms with Crippen molar-refractivity contribution in [1.82, 2.24) is 20.3 Å². The minimum absolute atomic E-state index is 0.0677. The summed E-state index contributed by atoms with van der Waals surface area (Å²) in [4.78, 5) is 14.6. The number of nitrogens with two attached hydrogens (primary N) is 1. The Morgan fingerprint density at radius 2 is 1.88 bits per heavy atom. The molecule has 2 fully saturated rings. The van der Waals surface area contributed by atoms with Gasteiger partial charge in [0.1, 0.15) is 23.0 Å². The lowest BCUT2D eigenvalue weighted by Crippen LogP contribution is -2.53. The molecule has 5 heterocycles. The fourth-order valence-electron chi connectivity index (χ4n) is 5.13. The number of pyridine rings is 3. The maximum Gasteiger partial charge on any atom is 0.418 e. The molecule has 2 bridgehead atoms. The molecule has 3 atom stereocenters. The van der Waals surface area contributed by atoms with E-state index in [1.54, 1.807) is 13.8 Å². The molecule has 2 saturated heterocycles. The summed E-state index contributed by atoms with van der Waals surface area (Å²) in [5.41, 5.74) is 4.41.